The zero-order chi connectivity index (χ0) is 12.5. The van der Waals surface area contributed by atoms with E-state index < -0.39 is 0 Å². The quantitative estimate of drug-likeness (QED) is 0.671. The van der Waals surface area contributed by atoms with Gasteiger partial charge in [0.15, 0.2) is 0 Å². The number of nitrogens with one attached hydrogen (secondary N) is 1. The van der Waals surface area contributed by atoms with Gasteiger partial charge in [-0.3, -0.25) is 0 Å². The first kappa shape index (κ1) is 14.9. The van der Waals surface area contributed by atoms with Crippen LogP contribution in [0.25, 0.3) is 0 Å². The van der Waals surface area contributed by atoms with E-state index in [0.29, 0.717) is 12.1 Å². The summed E-state index contributed by atoms with van der Waals surface area (Å²) in [6.45, 7) is 8.82. The van der Waals surface area contributed by atoms with Gasteiger partial charge in [-0.2, -0.15) is 0 Å². The van der Waals surface area contributed by atoms with Crippen molar-refractivity contribution in [3.8, 4) is 0 Å². The molecule has 0 spiro atoms. The number of nitrogens with zero attached hydrogens (tertiary/aromatic N) is 1. The van der Waals surface area contributed by atoms with Gasteiger partial charge in [-0.05, 0) is 52.2 Å². The molecule has 1 aliphatic rings. The first-order valence-corrected chi connectivity index (χ1v) is 7.29. The fourth-order valence-electron chi connectivity index (χ4n) is 2.57. The molecular weight excluding hydrogens is 212 g/mol. The molecule has 0 aromatic carbocycles. The first-order chi connectivity index (χ1) is 8.26. The van der Waals surface area contributed by atoms with Gasteiger partial charge >= 0.3 is 0 Å². The van der Waals surface area contributed by atoms with E-state index in [0.717, 1.165) is 19.7 Å². The molecule has 1 aliphatic heterocycles. The van der Waals surface area contributed by atoms with Gasteiger partial charge in [0.2, 0.25) is 0 Å². The lowest BCUT2D eigenvalue weighted by Crippen LogP contribution is -2.32. The molecule has 17 heavy (non-hydrogen) atoms. The van der Waals surface area contributed by atoms with Gasteiger partial charge in [0.25, 0.3) is 0 Å². The summed E-state index contributed by atoms with van der Waals surface area (Å²) in [7, 11) is 2.22. The molecule has 0 aromatic rings. The molecule has 1 rings (SSSR count). The fraction of sp³-hybridized carbons (Fsp3) is 1.00. The monoisotopic (exact) mass is 242 g/mol. The van der Waals surface area contributed by atoms with E-state index in [2.05, 4.69) is 31.1 Å². The fourth-order valence-corrected chi connectivity index (χ4v) is 2.57. The average Bonchev–Trinajstić information content (AvgIpc) is 2.80. The second-order valence-corrected chi connectivity index (χ2v) is 5.20. The van der Waals surface area contributed by atoms with Gasteiger partial charge in [0, 0.05) is 19.2 Å². The number of ether oxygens (including phenoxy) is 1. The normalized spacial score (nSPS) is 22.2. The molecule has 0 saturated carbocycles. The van der Waals surface area contributed by atoms with Crippen LogP contribution in [0.2, 0.25) is 0 Å². The summed E-state index contributed by atoms with van der Waals surface area (Å²) in [4.78, 5) is 2.43. The van der Waals surface area contributed by atoms with E-state index in [1.165, 1.54) is 38.6 Å². The van der Waals surface area contributed by atoms with E-state index in [4.69, 9.17) is 4.74 Å². The number of rotatable bonds is 9. The molecule has 2 atom stereocenters. The van der Waals surface area contributed by atoms with Crippen LogP contribution in [0.1, 0.15) is 46.0 Å². The average molecular weight is 242 g/mol. The van der Waals surface area contributed by atoms with Crippen molar-refractivity contribution in [1.29, 1.82) is 0 Å². The third kappa shape index (κ3) is 6.39. The van der Waals surface area contributed by atoms with Crippen LogP contribution in [-0.4, -0.2) is 50.3 Å². The van der Waals surface area contributed by atoms with Crippen LogP contribution in [0, 0.1) is 0 Å². The molecule has 0 aromatic heterocycles. The van der Waals surface area contributed by atoms with Gasteiger partial charge in [-0.1, -0.05) is 13.8 Å². The molecule has 0 bridgehead atoms. The van der Waals surface area contributed by atoms with Crippen LogP contribution in [0.5, 0.6) is 0 Å². The Morgan fingerprint density at radius 3 is 2.82 bits per heavy atom. The lowest BCUT2D eigenvalue weighted by atomic mass is 10.1. The van der Waals surface area contributed by atoms with Gasteiger partial charge in [0.05, 0.1) is 6.10 Å². The zero-order valence-electron chi connectivity index (χ0n) is 11.9. The molecule has 1 N–H and O–H groups in total. The van der Waals surface area contributed by atoms with Crippen LogP contribution in [0.3, 0.4) is 0 Å². The molecule has 3 heteroatoms. The highest BCUT2D eigenvalue weighted by atomic mass is 16.5. The first-order valence-electron chi connectivity index (χ1n) is 7.29. The summed E-state index contributed by atoms with van der Waals surface area (Å²) in [5.41, 5.74) is 0. The van der Waals surface area contributed by atoms with Crippen molar-refractivity contribution in [2.45, 2.75) is 58.1 Å². The number of hydrogen-bond donors (Lipinski definition) is 1. The maximum absolute atomic E-state index is 5.66. The Balaban J connectivity index is 2.03. The van der Waals surface area contributed by atoms with E-state index in [9.17, 15) is 0 Å². The largest absolute Gasteiger partial charge is 0.377 e. The van der Waals surface area contributed by atoms with E-state index >= 15 is 0 Å². The van der Waals surface area contributed by atoms with Gasteiger partial charge < -0.3 is 15.0 Å². The molecule has 3 nitrogen and oxygen atoms in total. The Labute approximate surface area is 107 Å². The van der Waals surface area contributed by atoms with Crippen molar-refractivity contribution in [2.24, 2.45) is 0 Å². The Kier molecular flexibility index (Phi) is 7.82. The summed E-state index contributed by atoms with van der Waals surface area (Å²) in [6, 6.07) is 0.705. The highest BCUT2D eigenvalue weighted by Gasteiger charge is 2.17. The Hall–Kier alpha value is -0.120. The molecule has 1 fully saturated rings. The van der Waals surface area contributed by atoms with Crippen LogP contribution < -0.4 is 5.32 Å². The highest BCUT2D eigenvalue weighted by molar-refractivity contribution is 4.70. The topological polar surface area (TPSA) is 24.5 Å². The Bertz CT molecular complexity index is 181. The maximum atomic E-state index is 5.66. The summed E-state index contributed by atoms with van der Waals surface area (Å²) in [6.07, 6.45) is 6.81. The van der Waals surface area contributed by atoms with Crippen molar-refractivity contribution in [3.63, 3.8) is 0 Å². The number of hydrogen-bond acceptors (Lipinski definition) is 3. The minimum absolute atomic E-state index is 0.496. The summed E-state index contributed by atoms with van der Waals surface area (Å²) >= 11 is 0. The molecule has 0 amide bonds. The molecular formula is C14H30N2O. The van der Waals surface area contributed by atoms with Crippen molar-refractivity contribution in [1.82, 2.24) is 10.2 Å². The Morgan fingerprint density at radius 1 is 1.41 bits per heavy atom. The van der Waals surface area contributed by atoms with Gasteiger partial charge in [0.1, 0.15) is 0 Å². The SMILES string of the molecule is CCNC(CC)CCCN(C)CC1CCCO1. The zero-order valence-corrected chi connectivity index (χ0v) is 11.9. The second-order valence-electron chi connectivity index (χ2n) is 5.20. The standard InChI is InChI=1S/C14H30N2O/c1-4-13(15-5-2)8-6-10-16(3)12-14-9-7-11-17-14/h13-15H,4-12H2,1-3H3. The second kappa shape index (κ2) is 8.90. The minimum atomic E-state index is 0.496. The molecule has 102 valence electrons. The summed E-state index contributed by atoms with van der Waals surface area (Å²) in [5, 5.41) is 3.54. The summed E-state index contributed by atoms with van der Waals surface area (Å²) < 4.78 is 5.66. The number of likely N-dealkylation sites (N-methyl/N-ethyl adjacent to an activating group) is 1. The van der Waals surface area contributed by atoms with Crippen molar-refractivity contribution in [2.75, 3.05) is 33.3 Å². The van der Waals surface area contributed by atoms with Crippen LogP contribution in [0.4, 0.5) is 0 Å². The minimum Gasteiger partial charge on any atom is -0.377 e. The smallest absolute Gasteiger partial charge is 0.0702 e. The highest BCUT2D eigenvalue weighted by Crippen LogP contribution is 2.13. The third-order valence-electron chi connectivity index (χ3n) is 3.62. The summed E-state index contributed by atoms with van der Waals surface area (Å²) in [5.74, 6) is 0. The molecule has 1 heterocycles. The lowest BCUT2D eigenvalue weighted by Gasteiger charge is -2.22. The molecule has 0 radical (unpaired) electrons. The third-order valence-corrected chi connectivity index (χ3v) is 3.62. The Morgan fingerprint density at radius 2 is 2.24 bits per heavy atom. The van der Waals surface area contributed by atoms with Crippen LogP contribution in [-0.2, 0) is 4.74 Å². The molecule has 0 aliphatic carbocycles. The maximum Gasteiger partial charge on any atom is 0.0702 e. The van der Waals surface area contributed by atoms with Crippen LogP contribution >= 0.6 is 0 Å². The molecule has 1 saturated heterocycles. The van der Waals surface area contributed by atoms with E-state index in [1.807, 2.05) is 0 Å². The van der Waals surface area contributed by atoms with Gasteiger partial charge in [-0.25, -0.2) is 0 Å². The predicted octanol–water partition coefficient (Wildman–Crippen LogP) is 2.27. The predicted molar refractivity (Wildman–Crippen MR) is 73.5 cm³/mol. The van der Waals surface area contributed by atoms with Crippen molar-refractivity contribution >= 4 is 0 Å². The molecule has 2 unspecified atom stereocenters. The van der Waals surface area contributed by atoms with Crippen molar-refractivity contribution < 1.29 is 4.74 Å². The lowest BCUT2D eigenvalue weighted by molar-refractivity contribution is 0.0805. The van der Waals surface area contributed by atoms with E-state index in [1.54, 1.807) is 0 Å². The van der Waals surface area contributed by atoms with E-state index in [-0.39, 0.29) is 0 Å². The van der Waals surface area contributed by atoms with Crippen molar-refractivity contribution in [3.05, 3.63) is 0 Å². The van der Waals surface area contributed by atoms with Crippen LogP contribution in [0.15, 0.2) is 0 Å². The van der Waals surface area contributed by atoms with Gasteiger partial charge in [-0.15, -0.1) is 0 Å².